The second-order valence-electron chi connectivity index (χ2n) is 5.07. The molecular weight excluding hydrogens is 318 g/mol. The third-order valence-electron chi connectivity index (χ3n) is 3.11. The van der Waals surface area contributed by atoms with Gasteiger partial charge >= 0.3 is 0 Å². The summed E-state index contributed by atoms with van der Waals surface area (Å²) in [6.45, 7) is 5.99. The van der Waals surface area contributed by atoms with Crippen LogP contribution in [0.25, 0.3) is 0 Å². The van der Waals surface area contributed by atoms with Crippen molar-refractivity contribution in [2.24, 2.45) is 0 Å². The lowest BCUT2D eigenvalue weighted by Gasteiger charge is -2.13. The van der Waals surface area contributed by atoms with Gasteiger partial charge in [-0.1, -0.05) is 22.0 Å². The first-order valence-electron chi connectivity index (χ1n) is 6.43. The molecule has 0 radical (unpaired) electrons. The molecule has 106 valence electrons. The maximum atomic E-state index is 12.4. The van der Waals surface area contributed by atoms with E-state index in [0.29, 0.717) is 11.4 Å². The van der Waals surface area contributed by atoms with Gasteiger partial charge < -0.3 is 15.6 Å². The van der Waals surface area contributed by atoms with Crippen LogP contribution in [0.1, 0.15) is 35.9 Å². The Morgan fingerprint density at radius 1 is 1.35 bits per heavy atom. The number of hydrogen-bond donors (Lipinski definition) is 2. The van der Waals surface area contributed by atoms with Gasteiger partial charge in [0.15, 0.2) is 0 Å². The van der Waals surface area contributed by atoms with Gasteiger partial charge in [-0.15, -0.1) is 0 Å². The fourth-order valence-corrected chi connectivity index (χ4v) is 2.39. The zero-order valence-electron chi connectivity index (χ0n) is 11.8. The molecule has 0 unspecified atom stereocenters. The first-order chi connectivity index (χ1) is 9.38. The van der Waals surface area contributed by atoms with Gasteiger partial charge in [-0.25, -0.2) is 0 Å². The number of carbonyl (C=O) groups is 1. The summed E-state index contributed by atoms with van der Waals surface area (Å²) < 4.78 is 2.80. The summed E-state index contributed by atoms with van der Waals surface area (Å²) in [5, 5.41) is 2.93. The van der Waals surface area contributed by atoms with Crippen LogP contribution in [0.3, 0.4) is 0 Å². The van der Waals surface area contributed by atoms with Crippen LogP contribution in [-0.2, 0) is 0 Å². The van der Waals surface area contributed by atoms with E-state index in [0.717, 1.165) is 15.7 Å². The van der Waals surface area contributed by atoms with Crippen LogP contribution in [0.2, 0.25) is 0 Å². The van der Waals surface area contributed by atoms with Crippen molar-refractivity contribution in [3.8, 4) is 0 Å². The normalized spacial score (nSPS) is 10.8. The lowest BCUT2D eigenvalue weighted by molar-refractivity contribution is 0.101. The number of nitrogen functional groups attached to an aromatic ring is 1. The number of nitrogens with zero attached hydrogens (tertiary/aromatic N) is 1. The quantitative estimate of drug-likeness (QED) is 0.891. The number of benzene rings is 1. The molecule has 5 heteroatoms. The maximum Gasteiger partial charge on any atom is 0.272 e. The number of amides is 1. The molecule has 2 aromatic rings. The van der Waals surface area contributed by atoms with Gasteiger partial charge in [-0.2, -0.15) is 0 Å². The highest BCUT2D eigenvalue weighted by molar-refractivity contribution is 9.10. The zero-order chi connectivity index (χ0) is 14.9. The SMILES string of the molecule is Cc1ccc(Br)cc1NC(=O)c1cc(N)cn1C(C)C. The lowest BCUT2D eigenvalue weighted by atomic mass is 10.2. The van der Waals surface area contributed by atoms with Crippen molar-refractivity contribution in [3.05, 3.63) is 46.2 Å². The van der Waals surface area contributed by atoms with Gasteiger partial charge in [0, 0.05) is 22.4 Å². The van der Waals surface area contributed by atoms with Crippen molar-refractivity contribution in [1.29, 1.82) is 0 Å². The molecule has 1 heterocycles. The average molecular weight is 336 g/mol. The molecule has 0 fully saturated rings. The molecule has 0 saturated heterocycles. The van der Waals surface area contributed by atoms with E-state index in [1.54, 1.807) is 12.3 Å². The van der Waals surface area contributed by atoms with Crippen LogP contribution < -0.4 is 11.1 Å². The van der Waals surface area contributed by atoms with Crippen molar-refractivity contribution in [1.82, 2.24) is 4.57 Å². The number of anilines is 2. The molecule has 0 saturated carbocycles. The Balaban J connectivity index is 2.31. The smallest absolute Gasteiger partial charge is 0.272 e. The summed E-state index contributed by atoms with van der Waals surface area (Å²) >= 11 is 3.41. The number of nitrogens with two attached hydrogens (primary N) is 1. The van der Waals surface area contributed by atoms with Crippen LogP contribution in [0.15, 0.2) is 34.9 Å². The fraction of sp³-hybridized carbons (Fsp3) is 0.267. The van der Waals surface area contributed by atoms with E-state index in [9.17, 15) is 4.79 Å². The minimum Gasteiger partial charge on any atom is -0.397 e. The third kappa shape index (κ3) is 3.04. The molecule has 20 heavy (non-hydrogen) atoms. The highest BCUT2D eigenvalue weighted by Crippen LogP contribution is 2.23. The molecule has 0 atom stereocenters. The van der Waals surface area contributed by atoms with Crippen LogP contribution in [-0.4, -0.2) is 10.5 Å². The van der Waals surface area contributed by atoms with E-state index in [1.807, 2.05) is 43.5 Å². The van der Waals surface area contributed by atoms with Crippen LogP contribution in [0, 0.1) is 6.92 Å². The number of aromatic nitrogens is 1. The van der Waals surface area contributed by atoms with E-state index >= 15 is 0 Å². The van der Waals surface area contributed by atoms with E-state index in [-0.39, 0.29) is 11.9 Å². The molecule has 3 N–H and O–H groups in total. The van der Waals surface area contributed by atoms with E-state index in [2.05, 4.69) is 21.2 Å². The molecule has 0 spiro atoms. The summed E-state index contributed by atoms with van der Waals surface area (Å²) in [4.78, 5) is 12.4. The van der Waals surface area contributed by atoms with Gasteiger partial charge in [0.05, 0.1) is 5.69 Å². The Kier molecular flexibility index (Phi) is 4.18. The van der Waals surface area contributed by atoms with E-state index < -0.39 is 0 Å². The predicted molar refractivity (Wildman–Crippen MR) is 86.1 cm³/mol. The van der Waals surface area contributed by atoms with Crippen LogP contribution in [0.4, 0.5) is 11.4 Å². The van der Waals surface area contributed by atoms with Crippen molar-refractivity contribution in [2.45, 2.75) is 26.8 Å². The van der Waals surface area contributed by atoms with Gasteiger partial charge in [0.1, 0.15) is 5.69 Å². The zero-order valence-corrected chi connectivity index (χ0v) is 13.4. The van der Waals surface area contributed by atoms with Crippen LogP contribution in [0.5, 0.6) is 0 Å². The van der Waals surface area contributed by atoms with Gasteiger partial charge in [-0.3, -0.25) is 4.79 Å². The molecular formula is C15H18BrN3O. The van der Waals surface area contributed by atoms with E-state index in [4.69, 9.17) is 5.73 Å². The summed E-state index contributed by atoms with van der Waals surface area (Å²) in [5.74, 6) is -0.156. The van der Waals surface area contributed by atoms with Crippen molar-refractivity contribution in [3.63, 3.8) is 0 Å². The number of carbonyl (C=O) groups excluding carboxylic acids is 1. The number of aryl methyl sites for hydroxylation is 1. The second-order valence-corrected chi connectivity index (χ2v) is 5.99. The molecule has 1 aromatic heterocycles. The number of nitrogens with one attached hydrogen (secondary N) is 1. The highest BCUT2D eigenvalue weighted by Gasteiger charge is 2.15. The predicted octanol–water partition coefficient (Wildman–Crippen LogP) is 3.97. The van der Waals surface area contributed by atoms with Crippen molar-refractivity contribution < 1.29 is 4.79 Å². The van der Waals surface area contributed by atoms with Crippen molar-refractivity contribution >= 4 is 33.2 Å². The molecule has 0 bridgehead atoms. The number of halogens is 1. The molecule has 1 amide bonds. The molecule has 1 aromatic carbocycles. The second kappa shape index (κ2) is 5.71. The minimum absolute atomic E-state index is 0.156. The van der Waals surface area contributed by atoms with Gasteiger partial charge in [-0.05, 0) is 44.5 Å². The first-order valence-corrected chi connectivity index (χ1v) is 7.22. The Hall–Kier alpha value is -1.75. The third-order valence-corrected chi connectivity index (χ3v) is 3.60. The topological polar surface area (TPSA) is 60.1 Å². The Morgan fingerprint density at radius 2 is 2.05 bits per heavy atom. The fourth-order valence-electron chi connectivity index (χ4n) is 2.03. The summed E-state index contributed by atoms with van der Waals surface area (Å²) in [6, 6.07) is 7.66. The van der Waals surface area contributed by atoms with E-state index in [1.165, 1.54) is 0 Å². The number of hydrogen-bond acceptors (Lipinski definition) is 2. The summed E-state index contributed by atoms with van der Waals surface area (Å²) in [6.07, 6.45) is 1.79. The molecule has 4 nitrogen and oxygen atoms in total. The monoisotopic (exact) mass is 335 g/mol. The van der Waals surface area contributed by atoms with Gasteiger partial charge in [0.25, 0.3) is 5.91 Å². The molecule has 0 aliphatic rings. The highest BCUT2D eigenvalue weighted by atomic mass is 79.9. The minimum atomic E-state index is -0.156. The Bertz CT molecular complexity index is 647. The standard InChI is InChI=1S/C15H18BrN3O/c1-9(2)19-8-12(17)7-14(19)15(20)18-13-6-11(16)5-4-10(13)3/h4-9H,17H2,1-3H3,(H,18,20). The molecule has 2 rings (SSSR count). The largest absolute Gasteiger partial charge is 0.397 e. The lowest BCUT2D eigenvalue weighted by Crippen LogP contribution is -2.18. The number of rotatable bonds is 3. The summed E-state index contributed by atoms with van der Waals surface area (Å²) in [7, 11) is 0. The Morgan fingerprint density at radius 3 is 2.70 bits per heavy atom. The summed E-state index contributed by atoms with van der Waals surface area (Å²) in [5.41, 5.74) is 8.76. The van der Waals surface area contributed by atoms with Gasteiger partial charge in [0.2, 0.25) is 0 Å². The van der Waals surface area contributed by atoms with Crippen LogP contribution >= 0.6 is 15.9 Å². The molecule has 0 aliphatic heterocycles. The van der Waals surface area contributed by atoms with Crippen molar-refractivity contribution in [2.75, 3.05) is 11.1 Å². The Labute approximate surface area is 127 Å². The maximum absolute atomic E-state index is 12.4. The average Bonchev–Trinajstić information content (AvgIpc) is 2.76. The molecule has 0 aliphatic carbocycles. The first kappa shape index (κ1) is 14.7.